The van der Waals surface area contributed by atoms with Gasteiger partial charge in [0, 0.05) is 12.1 Å². The van der Waals surface area contributed by atoms with Crippen molar-refractivity contribution in [2.75, 3.05) is 18.1 Å². The molecule has 0 atom stereocenters. The lowest BCUT2D eigenvalue weighted by molar-refractivity contribution is 0.0947. The van der Waals surface area contributed by atoms with Crippen molar-refractivity contribution in [2.45, 2.75) is 6.42 Å². The number of carbonyl (C=O) groups excluding carboxylic acids is 1. The summed E-state index contributed by atoms with van der Waals surface area (Å²) in [7, 11) is 0. The first-order chi connectivity index (χ1) is 10.2. The highest BCUT2D eigenvalue weighted by Gasteiger charge is 2.18. The number of aromatic amines is 1. The standard InChI is InChI=1S/C15H16ClN3OS/c16-12-4-2-1-3-11(12)13-7-14(19-18-13)15(20)17-6-5-10-8-21-9-10/h1-4,7,10H,5-6,8-9H2,(H,17,20)(H,18,19). The highest BCUT2D eigenvalue weighted by Crippen LogP contribution is 2.27. The zero-order valence-corrected chi connectivity index (χ0v) is 13.0. The summed E-state index contributed by atoms with van der Waals surface area (Å²) in [6, 6.07) is 9.18. The van der Waals surface area contributed by atoms with E-state index in [9.17, 15) is 4.79 Å². The van der Waals surface area contributed by atoms with Crippen LogP contribution in [0.1, 0.15) is 16.9 Å². The smallest absolute Gasteiger partial charge is 0.269 e. The molecule has 21 heavy (non-hydrogen) atoms. The molecule has 3 rings (SSSR count). The van der Waals surface area contributed by atoms with Crippen molar-refractivity contribution in [1.82, 2.24) is 15.5 Å². The summed E-state index contributed by atoms with van der Waals surface area (Å²) >= 11 is 8.09. The third-order valence-electron chi connectivity index (χ3n) is 3.52. The van der Waals surface area contributed by atoms with Gasteiger partial charge in [-0.3, -0.25) is 9.89 Å². The predicted octanol–water partition coefficient (Wildman–Crippen LogP) is 3.21. The maximum absolute atomic E-state index is 12.0. The molecule has 0 spiro atoms. The van der Waals surface area contributed by atoms with E-state index in [1.54, 1.807) is 6.07 Å². The molecule has 1 aromatic heterocycles. The Bertz CT molecular complexity index is 639. The maximum Gasteiger partial charge on any atom is 0.269 e. The van der Waals surface area contributed by atoms with Gasteiger partial charge in [-0.25, -0.2) is 0 Å². The van der Waals surface area contributed by atoms with E-state index in [2.05, 4.69) is 15.5 Å². The molecule has 0 aliphatic carbocycles. The number of carbonyl (C=O) groups is 1. The summed E-state index contributed by atoms with van der Waals surface area (Å²) in [4.78, 5) is 12.0. The topological polar surface area (TPSA) is 57.8 Å². The minimum absolute atomic E-state index is 0.118. The van der Waals surface area contributed by atoms with Crippen molar-refractivity contribution in [2.24, 2.45) is 5.92 Å². The Kier molecular flexibility index (Phi) is 4.51. The van der Waals surface area contributed by atoms with Crippen molar-refractivity contribution in [3.05, 3.63) is 41.0 Å². The molecule has 1 amide bonds. The van der Waals surface area contributed by atoms with Gasteiger partial charge in [0.15, 0.2) is 0 Å². The van der Waals surface area contributed by atoms with Gasteiger partial charge in [0.05, 0.1) is 10.7 Å². The Morgan fingerprint density at radius 1 is 1.43 bits per heavy atom. The van der Waals surface area contributed by atoms with Crippen molar-refractivity contribution < 1.29 is 4.79 Å². The van der Waals surface area contributed by atoms with Crippen LogP contribution in [-0.2, 0) is 0 Å². The summed E-state index contributed by atoms with van der Waals surface area (Å²) in [5.41, 5.74) is 1.97. The summed E-state index contributed by atoms with van der Waals surface area (Å²) in [6.07, 6.45) is 1.05. The van der Waals surface area contributed by atoms with Crippen LogP contribution < -0.4 is 5.32 Å². The molecule has 1 fully saturated rings. The SMILES string of the molecule is O=C(NCCC1CSC1)c1cc(-c2ccccc2Cl)n[nH]1. The third-order valence-corrected chi connectivity index (χ3v) is 5.26. The lowest BCUT2D eigenvalue weighted by atomic mass is 10.1. The molecule has 0 radical (unpaired) electrons. The fraction of sp³-hybridized carbons (Fsp3) is 0.333. The number of hydrogen-bond donors (Lipinski definition) is 2. The quantitative estimate of drug-likeness (QED) is 0.889. The molecule has 110 valence electrons. The first-order valence-corrected chi connectivity index (χ1v) is 8.43. The Morgan fingerprint density at radius 2 is 2.24 bits per heavy atom. The van der Waals surface area contributed by atoms with Crippen molar-refractivity contribution in [1.29, 1.82) is 0 Å². The van der Waals surface area contributed by atoms with E-state index in [-0.39, 0.29) is 5.91 Å². The first kappa shape index (κ1) is 14.5. The fourth-order valence-corrected chi connectivity index (χ4v) is 3.32. The molecule has 0 bridgehead atoms. The van der Waals surface area contributed by atoms with Crippen LogP contribution in [0.4, 0.5) is 0 Å². The van der Waals surface area contributed by atoms with Crippen LogP contribution in [0.15, 0.2) is 30.3 Å². The van der Waals surface area contributed by atoms with Crippen molar-refractivity contribution in [3.63, 3.8) is 0 Å². The number of nitrogens with one attached hydrogen (secondary N) is 2. The number of benzene rings is 1. The normalized spacial score (nSPS) is 14.7. The van der Waals surface area contributed by atoms with E-state index in [1.807, 2.05) is 36.0 Å². The third kappa shape index (κ3) is 3.41. The second kappa shape index (κ2) is 6.54. The number of aromatic nitrogens is 2. The van der Waals surface area contributed by atoms with E-state index in [0.717, 1.165) is 17.9 Å². The van der Waals surface area contributed by atoms with E-state index < -0.39 is 0 Å². The molecule has 1 aliphatic heterocycles. The number of thioether (sulfide) groups is 1. The van der Waals surface area contributed by atoms with E-state index >= 15 is 0 Å². The Balaban J connectivity index is 1.61. The van der Waals surface area contributed by atoms with Crippen LogP contribution in [0, 0.1) is 5.92 Å². The van der Waals surface area contributed by atoms with E-state index in [4.69, 9.17) is 11.6 Å². The van der Waals surface area contributed by atoms with Gasteiger partial charge in [0.1, 0.15) is 5.69 Å². The second-order valence-corrected chi connectivity index (χ2v) is 6.58. The monoisotopic (exact) mass is 321 g/mol. The van der Waals surface area contributed by atoms with Crippen LogP contribution >= 0.6 is 23.4 Å². The molecule has 1 aliphatic rings. The number of H-pyrrole nitrogens is 1. The molecular formula is C15H16ClN3OS. The first-order valence-electron chi connectivity index (χ1n) is 6.90. The summed E-state index contributed by atoms with van der Waals surface area (Å²) in [6.45, 7) is 0.713. The van der Waals surface area contributed by atoms with Crippen molar-refractivity contribution in [3.8, 4) is 11.3 Å². The molecule has 2 heterocycles. The van der Waals surface area contributed by atoms with Crippen LogP contribution in [0.2, 0.25) is 5.02 Å². The van der Waals surface area contributed by atoms with E-state index in [0.29, 0.717) is 23.0 Å². The highest BCUT2D eigenvalue weighted by atomic mass is 35.5. The highest BCUT2D eigenvalue weighted by molar-refractivity contribution is 8.00. The number of amides is 1. The number of rotatable bonds is 5. The summed E-state index contributed by atoms with van der Waals surface area (Å²) in [5.74, 6) is 3.08. The predicted molar refractivity (Wildman–Crippen MR) is 86.8 cm³/mol. The number of hydrogen-bond acceptors (Lipinski definition) is 3. The molecule has 2 aromatic rings. The van der Waals surface area contributed by atoms with E-state index in [1.165, 1.54) is 11.5 Å². The van der Waals surface area contributed by atoms with Crippen LogP contribution in [0.3, 0.4) is 0 Å². The molecule has 2 N–H and O–H groups in total. The van der Waals surface area contributed by atoms with Gasteiger partial charge < -0.3 is 5.32 Å². The summed E-state index contributed by atoms with van der Waals surface area (Å²) < 4.78 is 0. The van der Waals surface area contributed by atoms with Gasteiger partial charge >= 0.3 is 0 Å². The minimum atomic E-state index is -0.118. The van der Waals surface area contributed by atoms with Gasteiger partial charge in [-0.2, -0.15) is 16.9 Å². The number of nitrogens with zero attached hydrogens (tertiary/aromatic N) is 1. The molecule has 0 saturated carbocycles. The maximum atomic E-state index is 12.0. The Labute approximate surface area is 132 Å². The fourth-order valence-electron chi connectivity index (χ4n) is 2.18. The molecule has 4 nitrogen and oxygen atoms in total. The van der Waals surface area contributed by atoms with Gasteiger partial charge in [0.25, 0.3) is 5.91 Å². The Hall–Kier alpha value is -1.46. The van der Waals surface area contributed by atoms with Crippen LogP contribution in [-0.4, -0.2) is 34.2 Å². The Morgan fingerprint density at radius 3 is 2.95 bits per heavy atom. The van der Waals surface area contributed by atoms with Crippen LogP contribution in [0.5, 0.6) is 0 Å². The van der Waals surface area contributed by atoms with Gasteiger partial charge in [-0.05, 0) is 36.0 Å². The second-order valence-electron chi connectivity index (χ2n) is 5.09. The molecule has 0 unspecified atom stereocenters. The largest absolute Gasteiger partial charge is 0.351 e. The number of halogens is 1. The van der Waals surface area contributed by atoms with Crippen LogP contribution in [0.25, 0.3) is 11.3 Å². The molecule has 1 saturated heterocycles. The lowest BCUT2D eigenvalue weighted by Gasteiger charge is -2.24. The van der Waals surface area contributed by atoms with Gasteiger partial charge in [0.2, 0.25) is 0 Å². The van der Waals surface area contributed by atoms with Gasteiger partial charge in [-0.1, -0.05) is 29.8 Å². The average Bonchev–Trinajstić information content (AvgIpc) is 2.91. The lowest BCUT2D eigenvalue weighted by Crippen LogP contribution is -2.29. The zero-order valence-electron chi connectivity index (χ0n) is 11.4. The summed E-state index contributed by atoms with van der Waals surface area (Å²) in [5, 5.41) is 10.5. The molecule has 6 heteroatoms. The molecule has 1 aromatic carbocycles. The van der Waals surface area contributed by atoms with Gasteiger partial charge in [-0.15, -0.1) is 0 Å². The molecular weight excluding hydrogens is 306 g/mol. The minimum Gasteiger partial charge on any atom is -0.351 e. The average molecular weight is 322 g/mol. The zero-order chi connectivity index (χ0) is 14.7. The van der Waals surface area contributed by atoms with Crippen molar-refractivity contribution >= 4 is 29.3 Å².